The van der Waals surface area contributed by atoms with Gasteiger partial charge in [0.25, 0.3) is 0 Å². The Morgan fingerprint density at radius 1 is 1.73 bits per heavy atom. The third kappa shape index (κ3) is 3.72. The van der Waals surface area contributed by atoms with E-state index in [2.05, 4.69) is 0 Å². The Morgan fingerprint density at radius 2 is 2.27 bits per heavy atom. The molecule has 0 rings (SSSR count). The molecule has 1 atom stereocenters. The van der Waals surface area contributed by atoms with Crippen LogP contribution in [-0.4, -0.2) is 30.5 Å². The Morgan fingerprint density at radius 3 is 2.55 bits per heavy atom. The van der Waals surface area contributed by atoms with E-state index in [0.29, 0.717) is 13.0 Å². The number of nitrogens with one attached hydrogen (secondary N) is 1. The Labute approximate surface area is 65.7 Å². The van der Waals surface area contributed by atoms with Crippen LogP contribution in [0.4, 0.5) is 0 Å². The van der Waals surface area contributed by atoms with Crippen LogP contribution in [0.3, 0.4) is 0 Å². The lowest BCUT2D eigenvalue weighted by molar-refractivity contribution is -0.139. The van der Waals surface area contributed by atoms with Crippen LogP contribution in [0, 0.1) is 11.3 Å². The van der Waals surface area contributed by atoms with Gasteiger partial charge in [-0.1, -0.05) is 0 Å². The molecule has 4 nitrogen and oxygen atoms in total. The molecule has 0 spiro atoms. The Balaban J connectivity index is 3.90. The topological polar surface area (TPSA) is 70.4 Å². The first-order valence-corrected chi connectivity index (χ1v) is 3.36. The average Bonchev–Trinajstić information content (AvgIpc) is 1.87. The van der Waals surface area contributed by atoms with E-state index >= 15 is 0 Å². The third-order valence-corrected chi connectivity index (χ3v) is 1.43. The van der Waals surface area contributed by atoms with Gasteiger partial charge in [-0.05, 0) is 13.3 Å². The van der Waals surface area contributed by atoms with Gasteiger partial charge in [0, 0.05) is 19.4 Å². The van der Waals surface area contributed by atoms with Crippen molar-refractivity contribution in [1.82, 2.24) is 0 Å². The molecular weight excluding hydrogens is 146 g/mol. The summed E-state index contributed by atoms with van der Waals surface area (Å²) in [4.78, 5) is 10.5. The van der Waals surface area contributed by atoms with Gasteiger partial charge in [0.05, 0.1) is 5.92 Å². The van der Waals surface area contributed by atoms with Gasteiger partial charge >= 0.3 is 5.97 Å². The molecule has 0 heterocycles. The second-order valence-corrected chi connectivity index (χ2v) is 2.36. The molecule has 0 aromatic carbocycles. The molecule has 0 radical (unpaired) electrons. The molecule has 11 heavy (non-hydrogen) atoms. The molecule has 0 aliphatic rings. The number of ether oxygens (including phenoxy) is 1. The van der Waals surface area contributed by atoms with Gasteiger partial charge in [0.1, 0.15) is 0 Å². The van der Waals surface area contributed by atoms with E-state index in [1.807, 2.05) is 0 Å². The van der Waals surface area contributed by atoms with E-state index in [9.17, 15) is 4.79 Å². The summed E-state index contributed by atoms with van der Waals surface area (Å²) in [5, 5.41) is 15.7. The largest absolute Gasteiger partial charge is 0.481 e. The van der Waals surface area contributed by atoms with E-state index in [4.69, 9.17) is 15.3 Å². The van der Waals surface area contributed by atoms with Gasteiger partial charge in [0.15, 0.2) is 0 Å². The van der Waals surface area contributed by atoms with Crippen LogP contribution in [0.25, 0.3) is 0 Å². The maximum Gasteiger partial charge on any atom is 0.312 e. The van der Waals surface area contributed by atoms with E-state index in [-0.39, 0.29) is 5.71 Å². The zero-order valence-corrected chi connectivity index (χ0v) is 6.76. The standard InChI is InChI=1S/C7H13NO3/c1-5(8)6(7(9)10)3-4-11-2/h6,8H,3-4H2,1-2H3,(H,9,10). The Kier molecular flexibility index (Phi) is 4.45. The third-order valence-electron chi connectivity index (χ3n) is 1.43. The van der Waals surface area contributed by atoms with Crippen molar-refractivity contribution in [2.45, 2.75) is 13.3 Å². The predicted octanol–water partition coefficient (Wildman–Crippen LogP) is 0.763. The monoisotopic (exact) mass is 159 g/mol. The first kappa shape index (κ1) is 10.1. The summed E-state index contributed by atoms with van der Waals surface area (Å²) in [5.41, 5.74) is 0.176. The van der Waals surface area contributed by atoms with Crippen molar-refractivity contribution < 1.29 is 14.6 Å². The van der Waals surface area contributed by atoms with E-state index in [1.54, 1.807) is 0 Å². The van der Waals surface area contributed by atoms with Gasteiger partial charge in [-0.25, -0.2) is 0 Å². The number of carbonyl (C=O) groups is 1. The molecule has 0 bridgehead atoms. The highest BCUT2D eigenvalue weighted by atomic mass is 16.5. The zero-order chi connectivity index (χ0) is 8.85. The number of hydrogen-bond acceptors (Lipinski definition) is 3. The molecule has 0 aromatic rings. The zero-order valence-electron chi connectivity index (χ0n) is 6.76. The minimum atomic E-state index is -0.949. The first-order valence-electron chi connectivity index (χ1n) is 3.36. The molecule has 0 saturated carbocycles. The minimum absolute atomic E-state index is 0.176. The highest BCUT2D eigenvalue weighted by Crippen LogP contribution is 2.04. The molecule has 0 fully saturated rings. The lowest BCUT2D eigenvalue weighted by Crippen LogP contribution is -2.22. The Bertz CT molecular complexity index is 142. The fourth-order valence-corrected chi connectivity index (χ4v) is 0.761. The van der Waals surface area contributed by atoms with Crippen LogP contribution in [0.15, 0.2) is 0 Å². The smallest absolute Gasteiger partial charge is 0.312 e. The van der Waals surface area contributed by atoms with Gasteiger partial charge in [-0.3, -0.25) is 4.79 Å². The highest BCUT2D eigenvalue weighted by Gasteiger charge is 2.18. The van der Waals surface area contributed by atoms with Crippen molar-refractivity contribution in [3.63, 3.8) is 0 Å². The minimum Gasteiger partial charge on any atom is -0.481 e. The van der Waals surface area contributed by atoms with Crippen LogP contribution in [0.2, 0.25) is 0 Å². The number of hydrogen-bond donors (Lipinski definition) is 2. The number of carboxylic acid groups (broad SMARTS) is 1. The summed E-state index contributed by atoms with van der Waals surface area (Å²) in [5.74, 6) is -1.63. The van der Waals surface area contributed by atoms with Crippen LogP contribution in [-0.2, 0) is 9.53 Å². The molecule has 4 heteroatoms. The van der Waals surface area contributed by atoms with Gasteiger partial charge < -0.3 is 15.3 Å². The Hall–Kier alpha value is -0.900. The predicted molar refractivity (Wildman–Crippen MR) is 41.0 cm³/mol. The van der Waals surface area contributed by atoms with Crippen molar-refractivity contribution in [3.8, 4) is 0 Å². The highest BCUT2D eigenvalue weighted by molar-refractivity contribution is 5.98. The van der Waals surface area contributed by atoms with Crippen LogP contribution >= 0.6 is 0 Å². The number of carboxylic acids is 1. The van der Waals surface area contributed by atoms with Crippen molar-refractivity contribution >= 4 is 11.7 Å². The normalized spacial score (nSPS) is 12.5. The second-order valence-electron chi connectivity index (χ2n) is 2.36. The average molecular weight is 159 g/mol. The SMILES string of the molecule is COCCC(C(C)=N)C(=O)O. The molecule has 64 valence electrons. The lowest BCUT2D eigenvalue weighted by atomic mass is 10.0. The fraction of sp³-hybridized carbons (Fsp3) is 0.714. The van der Waals surface area contributed by atoms with Crippen LogP contribution < -0.4 is 0 Å². The van der Waals surface area contributed by atoms with Gasteiger partial charge in [-0.2, -0.15) is 0 Å². The summed E-state index contributed by atoms with van der Waals surface area (Å²) >= 11 is 0. The van der Waals surface area contributed by atoms with E-state index in [0.717, 1.165) is 0 Å². The maximum absolute atomic E-state index is 10.5. The van der Waals surface area contributed by atoms with Crippen molar-refractivity contribution in [2.75, 3.05) is 13.7 Å². The molecular formula is C7H13NO3. The molecule has 1 unspecified atom stereocenters. The van der Waals surface area contributed by atoms with Gasteiger partial charge in [-0.15, -0.1) is 0 Å². The van der Waals surface area contributed by atoms with Gasteiger partial charge in [0.2, 0.25) is 0 Å². The maximum atomic E-state index is 10.5. The lowest BCUT2D eigenvalue weighted by Gasteiger charge is -2.08. The number of methoxy groups -OCH3 is 1. The number of rotatable bonds is 5. The molecule has 0 aliphatic carbocycles. The summed E-state index contributed by atoms with van der Waals surface area (Å²) in [6.45, 7) is 1.88. The second kappa shape index (κ2) is 4.85. The molecule has 0 aliphatic heterocycles. The molecule has 0 saturated heterocycles. The molecule has 2 N–H and O–H groups in total. The van der Waals surface area contributed by atoms with Crippen molar-refractivity contribution in [3.05, 3.63) is 0 Å². The van der Waals surface area contributed by atoms with E-state index < -0.39 is 11.9 Å². The van der Waals surface area contributed by atoms with Crippen molar-refractivity contribution in [1.29, 1.82) is 5.41 Å². The summed E-state index contributed by atoms with van der Waals surface area (Å²) in [6, 6.07) is 0. The molecule has 0 aromatic heterocycles. The quantitative estimate of drug-likeness (QED) is 0.582. The first-order chi connectivity index (χ1) is 5.09. The van der Waals surface area contributed by atoms with Crippen LogP contribution in [0.5, 0.6) is 0 Å². The van der Waals surface area contributed by atoms with Crippen molar-refractivity contribution in [2.24, 2.45) is 5.92 Å². The summed E-state index contributed by atoms with van der Waals surface area (Å²) in [6.07, 6.45) is 0.376. The van der Waals surface area contributed by atoms with Crippen LogP contribution in [0.1, 0.15) is 13.3 Å². The number of aliphatic carboxylic acids is 1. The summed E-state index contributed by atoms with van der Waals surface area (Å²) < 4.78 is 4.71. The summed E-state index contributed by atoms with van der Waals surface area (Å²) in [7, 11) is 1.51. The van der Waals surface area contributed by atoms with E-state index in [1.165, 1.54) is 14.0 Å². The fourth-order valence-electron chi connectivity index (χ4n) is 0.761. The molecule has 0 amide bonds.